The molecule has 538 valence electrons. The number of nitrogen functional groups attached to an aromatic ring is 1. The number of amides is 8. The number of aromatic nitrogens is 4. The minimum atomic E-state index is -2.24. The van der Waals surface area contributed by atoms with E-state index in [1.54, 1.807) is 0 Å². The first-order valence-corrected chi connectivity index (χ1v) is 32.7. The Kier molecular flexibility index (Phi) is 29.0. The van der Waals surface area contributed by atoms with Crippen molar-refractivity contribution in [1.29, 1.82) is 0 Å². The number of nitrogens with two attached hydrogens (primary N) is 1. The second kappa shape index (κ2) is 37.4. The first-order chi connectivity index (χ1) is 47.9. The third-order valence-electron chi connectivity index (χ3n) is 15.4. The fourth-order valence-corrected chi connectivity index (χ4v) is 11.7. The summed E-state index contributed by atoms with van der Waals surface area (Å²) in [7, 11) is 0. The van der Waals surface area contributed by atoms with Crippen LogP contribution in [0.4, 0.5) is 11.6 Å². The topological polar surface area (TPSA) is 583 Å². The number of carboxylic acid groups (broad SMARTS) is 6. The summed E-state index contributed by atoms with van der Waals surface area (Å²) in [5.41, 5.74) is 10.0. The van der Waals surface area contributed by atoms with Crippen molar-refractivity contribution in [3.05, 3.63) is 112 Å². The number of hydrogen-bond donors (Lipinski definition) is 18. The zero-order valence-electron chi connectivity index (χ0n) is 53.6. The highest BCUT2D eigenvalue weighted by Gasteiger charge is 2.37. The Morgan fingerprint density at radius 3 is 1.63 bits per heavy atom. The maximum Gasteiger partial charge on any atom is 0.327 e. The summed E-state index contributed by atoms with van der Waals surface area (Å²) in [4.78, 5) is 222. The Hall–Kier alpha value is -11.6. The smallest absolute Gasteiger partial charge is 0.327 e. The molecule has 2 aromatic heterocycles. The van der Waals surface area contributed by atoms with Crippen molar-refractivity contribution >= 4 is 136 Å². The van der Waals surface area contributed by atoms with Crippen LogP contribution in [0.5, 0.6) is 0 Å². The number of rotatable bonds is 41. The normalized spacial score (nSPS) is 13.8. The lowest BCUT2D eigenvalue weighted by Gasteiger charge is -2.26. The van der Waals surface area contributed by atoms with Crippen LogP contribution in [0.3, 0.4) is 0 Å². The molecule has 8 amide bonds. The van der Waals surface area contributed by atoms with Gasteiger partial charge >= 0.3 is 35.8 Å². The van der Waals surface area contributed by atoms with Gasteiger partial charge in [-0.05, 0) is 59.4 Å². The van der Waals surface area contributed by atoms with Crippen LogP contribution in [0.1, 0.15) is 97.8 Å². The van der Waals surface area contributed by atoms with E-state index in [0.717, 1.165) is 22.3 Å². The number of H-pyrrole nitrogens is 1. The van der Waals surface area contributed by atoms with Gasteiger partial charge in [0.2, 0.25) is 47.3 Å². The molecule has 8 atom stereocenters. The van der Waals surface area contributed by atoms with Crippen molar-refractivity contribution in [2.24, 2.45) is 5.92 Å². The summed E-state index contributed by atoms with van der Waals surface area (Å²) >= 11 is 5.28. The van der Waals surface area contributed by atoms with Gasteiger partial charge in [-0.25, -0.2) is 19.6 Å². The highest BCUT2D eigenvalue weighted by Crippen LogP contribution is 2.45. The molecule has 101 heavy (non-hydrogen) atoms. The number of Topliss-reactive ketones (excluding diaryl/α,β-unsaturated/α-hetero) is 1. The van der Waals surface area contributed by atoms with Crippen LogP contribution >= 0.6 is 24.4 Å². The summed E-state index contributed by atoms with van der Waals surface area (Å²) in [5.74, 6) is -22.6. The van der Waals surface area contributed by atoms with Gasteiger partial charge in [0, 0.05) is 60.2 Å². The number of thiol groups is 1. The van der Waals surface area contributed by atoms with Gasteiger partial charge in [-0.15, -0.1) is 0 Å². The molecular formula is C63H72N14O22S2. The number of thioether (sulfide) groups is 1. The van der Waals surface area contributed by atoms with Crippen molar-refractivity contribution in [1.82, 2.24) is 62.5 Å². The number of aliphatic carboxylic acids is 6. The van der Waals surface area contributed by atoms with E-state index in [1.165, 1.54) is 49.1 Å². The number of fused-ring (bicyclic) bond motifs is 4. The van der Waals surface area contributed by atoms with Gasteiger partial charge in [-0.3, -0.25) is 72.1 Å². The molecule has 36 nitrogen and oxygen atoms in total. The van der Waals surface area contributed by atoms with E-state index in [4.69, 9.17) is 5.73 Å². The molecule has 1 aliphatic rings. The van der Waals surface area contributed by atoms with E-state index >= 15 is 0 Å². The number of carbonyl (C=O) groups excluding carboxylic acids is 9. The van der Waals surface area contributed by atoms with Gasteiger partial charge in [0.05, 0.1) is 56.1 Å². The van der Waals surface area contributed by atoms with Crippen molar-refractivity contribution in [2.45, 2.75) is 119 Å². The molecule has 0 unspecified atom stereocenters. The fourth-order valence-electron chi connectivity index (χ4n) is 10.3. The second-order valence-corrected chi connectivity index (χ2v) is 24.3. The van der Waals surface area contributed by atoms with Crippen LogP contribution in [0.2, 0.25) is 0 Å². The van der Waals surface area contributed by atoms with Crippen molar-refractivity contribution in [3.8, 4) is 11.1 Å². The Balaban J connectivity index is 1.08. The molecule has 6 rings (SSSR count). The Morgan fingerprint density at radius 2 is 1.09 bits per heavy atom. The fraction of sp³-hybridized carbons (Fsp3) is 0.381. The molecule has 0 radical (unpaired) electrons. The summed E-state index contributed by atoms with van der Waals surface area (Å²) < 4.78 is 0. The lowest BCUT2D eigenvalue weighted by atomic mass is 9.93. The number of nitrogens with zero attached hydrogens (tertiary/aromatic N) is 3. The van der Waals surface area contributed by atoms with Gasteiger partial charge in [0.1, 0.15) is 36.3 Å². The lowest BCUT2D eigenvalue weighted by Crippen LogP contribution is -2.61. The van der Waals surface area contributed by atoms with Crippen LogP contribution < -0.4 is 59.1 Å². The number of nitrogens with one attached hydrogen (secondary N) is 10. The summed E-state index contributed by atoms with van der Waals surface area (Å²) in [6.07, 6.45) is -6.31. The van der Waals surface area contributed by atoms with E-state index in [2.05, 4.69) is 69.8 Å². The number of carboxylic acids is 6. The third kappa shape index (κ3) is 23.6. The Bertz CT molecular complexity index is 4000. The molecule has 3 aromatic carbocycles. The average Bonchev–Trinajstić information content (AvgIpc) is 1.62. The summed E-state index contributed by atoms with van der Waals surface area (Å²) in [6, 6.07) is 7.97. The van der Waals surface area contributed by atoms with Gasteiger partial charge in [0.25, 0.3) is 11.5 Å². The second-order valence-electron chi connectivity index (χ2n) is 22.8. The van der Waals surface area contributed by atoms with E-state index in [-0.39, 0.29) is 53.7 Å². The Labute approximate surface area is 581 Å². The number of ketones is 1. The predicted octanol–water partition coefficient (Wildman–Crippen LogP) is -1.27. The molecule has 0 bridgehead atoms. The van der Waals surface area contributed by atoms with Crippen LogP contribution in [0.25, 0.3) is 22.3 Å². The van der Waals surface area contributed by atoms with Crippen LogP contribution in [-0.4, -0.2) is 206 Å². The molecule has 0 aliphatic heterocycles. The summed E-state index contributed by atoms with van der Waals surface area (Å²) in [5, 5.41) is 78.8. The van der Waals surface area contributed by atoms with Gasteiger partial charge < -0.3 is 84.2 Å². The van der Waals surface area contributed by atoms with E-state index < -0.39 is 200 Å². The molecule has 0 spiro atoms. The standard InChI is InChI=1S/C63H72N14O22S2/c1-2-38(70-56(91)40(21-49(83)84)69-47(80)16-15-39(61(96)97)71-54(89)29-11-13-31(14-12-29)65-24-32-25-67-53-52(68-32)60(95)77-63(64)76-53)45(78)19-30(20-48(81)82)55(90)72-41(22-50(85)86)57(92)74-43(59(94)73-42(23-51(87)88)58(93)75-44(27-100)62(98)99)26-66-46(79)17-18-101-28-37-35-9-5-3-7-33(35)34-8-4-6-10-36(34)37/h3-14,25,30,37-44,65,100H,2,15-24,26-28H2,1H3,(H,66,79)(H,69,80)(H,70,91)(H,71,89)(H,72,90)(H,73,94)(H,74,92)(H,75,93)(H,81,82)(H,83,84)(H,85,86)(H,87,88)(H,96,97)(H,98,99)(H3,64,67,76,77,95)/t30-,38-,39-,40-,41-,42-,43-,44-/m0/s1. The van der Waals surface area contributed by atoms with Crippen molar-refractivity contribution in [3.63, 3.8) is 0 Å². The van der Waals surface area contributed by atoms with E-state index in [9.17, 15) is 107 Å². The minimum absolute atomic E-state index is 0.00983. The van der Waals surface area contributed by atoms with Crippen molar-refractivity contribution < 1.29 is 103 Å². The highest BCUT2D eigenvalue weighted by molar-refractivity contribution is 7.99. The third-order valence-corrected chi connectivity index (χ3v) is 16.9. The first-order valence-electron chi connectivity index (χ1n) is 30.9. The number of anilines is 2. The number of carbonyl (C=O) groups is 15. The molecule has 18 N–H and O–H groups in total. The number of benzene rings is 3. The largest absolute Gasteiger partial charge is 0.481 e. The molecule has 0 saturated heterocycles. The maximum atomic E-state index is 14.1. The lowest BCUT2D eigenvalue weighted by molar-refractivity contribution is -0.145. The number of aromatic amines is 1. The monoisotopic (exact) mass is 1440 g/mol. The zero-order valence-corrected chi connectivity index (χ0v) is 55.3. The Morgan fingerprint density at radius 1 is 0.574 bits per heavy atom. The van der Waals surface area contributed by atoms with Crippen LogP contribution in [-0.2, 0) is 73.7 Å². The molecular weight excluding hydrogens is 1370 g/mol. The van der Waals surface area contributed by atoms with E-state index in [0.29, 0.717) is 17.1 Å². The molecule has 2 heterocycles. The van der Waals surface area contributed by atoms with E-state index in [1.807, 2.05) is 59.2 Å². The van der Waals surface area contributed by atoms with Crippen LogP contribution in [0.15, 0.2) is 83.8 Å². The molecule has 1 aliphatic carbocycles. The van der Waals surface area contributed by atoms with Gasteiger partial charge in [-0.1, -0.05) is 55.5 Å². The predicted molar refractivity (Wildman–Crippen MR) is 358 cm³/mol. The SMILES string of the molecule is CC[C@H](NC(=O)[C@H](CC(=O)O)NC(=O)CC[C@H](NC(=O)c1ccc(NCc2cnc3nc(N)[nH]c(=O)c3n2)cc1)C(=O)O)C(=O)C[C@@H](CC(=O)O)C(=O)N[C@@H](CC(=O)O)C(=O)N[C@@H](CNC(=O)CCSCC1c2ccccc2-c2ccccc21)C(=O)N[C@@H](CC(=O)O)C(=O)N[C@@H](CS)C(=O)O. The number of hydrogen-bond acceptors (Lipinski definition) is 23. The minimum Gasteiger partial charge on any atom is -0.481 e. The quantitative estimate of drug-likeness (QED) is 0.0160. The van der Waals surface area contributed by atoms with Crippen LogP contribution in [0, 0.1) is 5.92 Å². The summed E-state index contributed by atoms with van der Waals surface area (Å²) in [6.45, 7) is 0.557. The zero-order chi connectivity index (χ0) is 74.2. The molecule has 5 aromatic rings. The molecule has 0 fully saturated rings. The molecule has 38 heteroatoms. The molecule has 0 saturated carbocycles. The van der Waals surface area contributed by atoms with Crippen molar-refractivity contribution in [2.75, 3.05) is 34.9 Å². The first kappa shape index (κ1) is 78.4. The maximum absolute atomic E-state index is 14.1. The highest BCUT2D eigenvalue weighted by atomic mass is 32.2. The van der Waals surface area contributed by atoms with Gasteiger partial charge in [0.15, 0.2) is 16.9 Å². The average molecular weight is 1440 g/mol. The van der Waals surface area contributed by atoms with Gasteiger partial charge in [-0.2, -0.15) is 29.4 Å².